The maximum absolute atomic E-state index is 12.9. The molecule has 1 atom stereocenters. The number of hydrogen-bond acceptors (Lipinski definition) is 6. The molecule has 0 aliphatic heterocycles. The number of benzene rings is 1. The predicted molar refractivity (Wildman–Crippen MR) is 107 cm³/mol. The molecule has 0 spiro atoms. The van der Waals surface area contributed by atoms with Gasteiger partial charge in [0.25, 0.3) is 0 Å². The molecule has 2 heterocycles. The van der Waals surface area contributed by atoms with Crippen LogP contribution < -0.4 is 9.61 Å². The third-order valence-corrected chi connectivity index (χ3v) is 5.21. The summed E-state index contributed by atoms with van der Waals surface area (Å²) < 4.78 is 50.9. The average molecular weight is 461 g/mol. The van der Waals surface area contributed by atoms with Gasteiger partial charge in [0.15, 0.2) is 11.9 Å². The Balaban J connectivity index is 1.99. The highest BCUT2D eigenvalue weighted by Gasteiger charge is 2.32. The molecule has 0 N–H and O–H groups in total. The lowest BCUT2D eigenvalue weighted by Crippen LogP contribution is -2.26. The van der Waals surface area contributed by atoms with Crippen LogP contribution in [0.25, 0.3) is 16.0 Å². The second kappa shape index (κ2) is 8.65. The van der Waals surface area contributed by atoms with Crippen molar-refractivity contribution in [3.8, 4) is 11.6 Å². The normalized spacial score (nSPS) is 12.7. The number of aromatic nitrogens is 2. The van der Waals surface area contributed by atoms with E-state index in [0.717, 1.165) is 15.9 Å². The number of ether oxygens (including phenoxy) is 2. The van der Waals surface area contributed by atoms with Crippen molar-refractivity contribution in [3.63, 3.8) is 0 Å². The monoisotopic (exact) mass is 460 g/mol. The van der Waals surface area contributed by atoms with E-state index in [1.54, 1.807) is 12.1 Å². The van der Waals surface area contributed by atoms with Gasteiger partial charge in [0.2, 0.25) is 0 Å². The number of hydrogen-bond donors (Lipinski definition) is 0. The molecule has 1 aromatic carbocycles. The highest BCUT2D eigenvalue weighted by molar-refractivity contribution is 7.16. The lowest BCUT2D eigenvalue weighted by atomic mass is 10.2. The zero-order chi connectivity index (χ0) is 22.1. The van der Waals surface area contributed by atoms with Crippen LogP contribution in [-0.4, -0.2) is 28.2 Å². The van der Waals surface area contributed by atoms with Crippen molar-refractivity contribution >= 4 is 39.1 Å². The van der Waals surface area contributed by atoms with Gasteiger partial charge in [-0.3, -0.25) is 4.79 Å². The maximum atomic E-state index is 12.9. The van der Waals surface area contributed by atoms with Crippen molar-refractivity contribution in [2.75, 3.05) is 6.61 Å². The second-order valence-corrected chi connectivity index (χ2v) is 7.69. The van der Waals surface area contributed by atoms with Gasteiger partial charge in [0.1, 0.15) is 5.75 Å². The van der Waals surface area contributed by atoms with Crippen molar-refractivity contribution in [2.45, 2.75) is 32.5 Å². The predicted octanol–water partition coefficient (Wildman–Crippen LogP) is 4.84. The number of pyridine rings is 1. The highest BCUT2D eigenvalue weighted by atomic mass is 35.5. The summed E-state index contributed by atoms with van der Waals surface area (Å²) in [6.45, 7) is 3.66. The molecule has 0 aliphatic rings. The number of fused-ring (bicyclic) bond motifs is 1. The summed E-state index contributed by atoms with van der Waals surface area (Å²) in [6, 6.07) is 5.39. The van der Waals surface area contributed by atoms with Gasteiger partial charge in [0, 0.05) is 12.3 Å². The number of thiazole rings is 1. The molecule has 0 aliphatic carbocycles. The Morgan fingerprint density at radius 1 is 1.33 bits per heavy atom. The molecule has 11 heteroatoms. The van der Waals surface area contributed by atoms with Crippen molar-refractivity contribution in [3.05, 3.63) is 50.7 Å². The largest absolute Gasteiger partial charge is 0.479 e. The molecule has 0 saturated carbocycles. The Hall–Kier alpha value is -2.59. The van der Waals surface area contributed by atoms with Crippen molar-refractivity contribution in [1.82, 2.24) is 9.55 Å². The van der Waals surface area contributed by atoms with E-state index in [2.05, 4.69) is 4.98 Å². The Morgan fingerprint density at radius 3 is 2.70 bits per heavy atom. The molecule has 6 nitrogen and oxygen atoms in total. The molecule has 3 rings (SSSR count). The van der Waals surface area contributed by atoms with E-state index in [9.17, 15) is 22.8 Å². The molecule has 1 unspecified atom stereocenters. The molecule has 0 saturated heterocycles. The first kappa shape index (κ1) is 22.1. The van der Waals surface area contributed by atoms with Gasteiger partial charge in [-0.25, -0.2) is 14.3 Å². The van der Waals surface area contributed by atoms with Gasteiger partial charge in [-0.15, -0.1) is 0 Å². The highest BCUT2D eigenvalue weighted by Crippen LogP contribution is 2.33. The van der Waals surface area contributed by atoms with Crippen LogP contribution in [0.5, 0.6) is 5.75 Å². The average Bonchev–Trinajstić information content (AvgIpc) is 3.00. The fraction of sp³-hybridized carbons (Fsp3) is 0.316. The Morgan fingerprint density at radius 2 is 2.07 bits per heavy atom. The first-order valence-electron chi connectivity index (χ1n) is 8.83. The number of carbonyl (C=O) groups is 1. The number of rotatable bonds is 6. The zero-order valence-corrected chi connectivity index (χ0v) is 17.4. The third kappa shape index (κ3) is 4.59. The quantitative estimate of drug-likeness (QED) is 0.492. The summed E-state index contributed by atoms with van der Waals surface area (Å²) in [7, 11) is 0. The number of carbonyl (C=O) groups excluding carboxylic acids is 1. The molecule has 0 radical (unpaired) electrons. The van der Waals surface area contributed by atoms with Gasteiger partial charge in [-0.05, 0) is 31.5 Å². The third-order valence-electron chi connectivity index (χ3n) is 4.01. The summed E-state index contributed by atoms with van der Waals surface area (Å²) in [5, 5.41) is -0.325. The number of alkyl halides is 3. The van der Waals surface area contributed by atoms with Crippen LogP contribution in [0, 0.1) is 0 Å². The topological polar surface area (TPSA) is 70.4 Å². The van der Waals surface area contributed by atoms with Gasteiger partial charge in [-0.2, -0.15) is 13.2 Å². The molecule has 0 bridgehead atoms. The van der Waals surface area contributed by atoms with Crippen molar-refractivity contribution in [1.29, 1.82) is 0 Å². The molecule has 3 aromatic rings. The van der Waals surface area contributed by atoms with Crippen LogP contribution in [0.15, 0.2) is 35.3 Å². The van der Waals surface area contributed by atoms with Crippen molar-refractivity contribution < 1.29 is 27.4 Å². The SMILES string of the molecule is CCCOC(=O)C(C)Oc1ccc2sc(=O)n(-c3ncc(C(F)(F)F)cc3Cl)c2c1. The molecule has 30 heavy (non-hydrogen) atoms. The summed E-state index contributed by atoms with van der Waals surface area (Å²) >= 11 is 6.88. The Labute approximate surface area is 177 Å². The van der Waals surface area contributed by atoms with Crippen LogP contribution >= 0.6 is 22.9 Å². The first-order valence-corrected chi connectivity index (χ1v) is 10.0. The van der Waals surface area contributed by atoms with Crippen LogP contribution in [0.1, 0.15) is 25.8 Å². The standard InChI is InChI=1S/C19H16ClF3N2O4S/c1-3-6-28-17(26)10(2)29-12-4-5-15-14(8-12)25(18(27)30-15)16-13(20)7-11(9-24-16)19(21,22)23/h4-5,7-10H,3,6H2,1-2H3. The van der Waals surface area contributed by atoms with Crippen molar-refractivity contribution in [2.24, 2.45) is 0 Å². The lowest BCUT2D eigenvalue weighted by molar-refractivity contribution is -0.151. The van der Waals surface area contributed by atoms with E-state index >= 15 is 0 Å². The molecular formula is C19H16ClF3N2O4S. The van der Waals surface area contributed by atoms with E-state index in [1.165, 1.54) is 13.0 Å². The van der Waals surface area contributed by atoms with Crippen LogP contribution in [0.4, 0.5) is 13.2 Å². The van der Waals surface area contributed by atoms with E-state index in [-0.39, 0.29) is 23.2 Å². The molecular weight excluding hydrogens is 445 g/mol. The van der Waals surface area contributed by atoms with Gasteiger partial charge >= 0.3 is 17.0 Å². The van der Waals surface area contributed by atoms with Crippen LogP contribution in [0.2, 0.25) is 5.02 Å². The second-order valence-electron chi connectivity index (χ2n) is 6.29. The van der Waals surface area contributed by atoms with Gasteiger partial charge < -0.3 is 9.47 Å². The van der Waals surface area contributed by atoms with Crippen LogP contribution in [-0.2, 0) is 15.7 Å². The van der Waals surface area contributed by atoms with Crippen LogP contribution in [0.3, 0.4) is 0 Å². The Bertz CT molecular complexity index is 1140. The summed E-state index contributed by atoms with van der Waals surface area (Å²) in [5.41, 5.74) is -0.682. The number of esters is 1. The minimum absolute atomic E-state index is 0.131. The molecule has 160 valence electrons. The fourth-order valence-electron chi connectivity index (χ4n) is 2.59. The Kier molecular flexibility index (Phi) is 6.37. The zero-order valence-electron chi connectivity index (χ0n) is 15.8. The smallest absolute Gasteiger partial charge is 0.417 e. The molecule has 2 aromatic heterocycles. The van der Waals surface area contributed by atoms with Gasteiger partial charge in [0.05, 0.1) is 27.4 Å². The van der Waals surface area contributed by atoms with E-state index in [1.807, 2.05) is 6.92 Å². The first-order chi connectivity index (χ1) is 14.1. The summed E-state index contributed by atoms with van der Waals surface area (Å²) in [5.74, 6) is -0.390. The summed E-state index contributed by atoms with van der Waals surface area (Å²) in [4.78, 5) is 27.7. The van der Waals surface area contributed by atoms with E-state index in [0.29, 0.717) is 28.9 Å². The minimum Gasteiger partial charge on any atom is -0.479 e. The van der Waals surface area contributed by atoms with E-state index < -0.39 is 28.7 Å². The number of nitrogens with zero attached hydrogens (tertiary/aromatic N) is 2. The fourth-order valence-corrected chi connectivity index (χ4v) is 3.70. The maximum Gasteiger partial charge on any atom is 0.417 e. The van der Waals surface area contributed by atoms with Gasteiger partial charge in [-0.1, -0.05) is 29.9 Å². The van der Waals surface area contributed by atoms with E-state index in [4.69, 9.17) is 21.1 Å². The minimum atomic E-state index is -4.61. The molecule has 0 fully saturated rings. The lowest BCUT2D eigenvalue weighted by Gasteiger charge is -2.14. The number of halogens is 4. The molecule has 0 amide bonds. The summed E-state index contributed by atoms with van der Waals surface area (Å²) in [6.07, 6.45) is -4.21.